The third kappa shape index (κ3) is 4.49. The second kappa shape index (κ2) is 7.99. The third-order valence-electron chi connectivity index (χ3n) is 4.78. The van der Waals surface area contributed by atoms with E-state index in [2.05, 4.69) is 25.9 Å². The number of nitrogens with zero attached hydrogens (tertiary/aromatic N) is 4. The van der Waals surface area contributed by atoms with Gasteiger partial charge in [-0.1, -0.05) is 12.8 Å². The zero-order valence-electron chi connectivity index (χ0n) is 15.0. The molecular formula is C20H22N6O. The molecule has 2 aromatic heterocycles. The molecule has 0 atom stereocenters. The maximum absolute atomic E-state index is 12.1. The number of carbonyl (C=O) groups is 1. The highest BCUT2D eigenvalue weighted by molar-refractivity contribution is 5.91. The van der Waals surface area contributed by atoms with Crippen LogP contribution in [0.25, 0.3) is 5.82 Å². The van der Waals surface area contributed by atoms with E-state index in [0.717, 1.165) is 11.4 Å². The predicted molar refractivity (Wildman–Crippen MR) is 104 cm³/mol. The Hall–Kier alpha value is -3.22. The van der Waals surface area contributed by atoms with Gasteiger partial charge >= 0.3 is 0 Å². The molecular weight excluding hydrogens is 340 g/mol. The predicted octanol–water partition coefficient (Wildman–Crippen LogP) is 3.92. The Morgan fingerprint density at radius 2 is 1.81 bits per heavy atom. The number of nitrogens with one attached hydrogen (secondary N) is 2. The summed E-state index contributed by atoms with van der Waals surface area (Å²) in [6.07, 6.45) is 9.00. The zero-order chi connectivity index (χ0) is 18.5. The van der Waals surface area contributed by atoms with Gasteiger partial charge in [0.15, 0.2) is 11.6 Å². The van der Waals surface area contributed by atoms with Crippen LogP contribution in [0.4, 0.5) is 17.2 Å². The summed E-state index contributed by atoms with van der Waals surface area (Å²) in [7, 11) is 0. The molecule has 0 bridgehead atoms. The lowest BCUT2D eigenvalue weighted by atomic mass is 10.0. The fourth-order valence-corrected chi connectivity index (χ4v) is 3.39. The fraction of sp³-hybridized carbons (Fsp3) is 0.300. The number of carbonyl (C=O) groups excluding carboxylic acids is 1. The van der Waals surface area contributed by atoms with E-state index in [0.29, 0.717) is 24.0 Å². The number of benzene rings is 1. The normalized spacial score (nSPS) is 14.2. The summed E-state index contributed by atoms with van der Waals surface area (Å²) in [5, 5.41) is 18.6. The molecule has 7 heteroatoms. The molecule has 27 heavy (non-hydrogen) atoms. The van der Waals surface area contributed by atoms with E-state index >= 15 is 0 Å². The Bertz CT molecular complexity index is 868. The van der Waals surface area contributed by atoms with Crippen LogP contribution in [0.2, 0.25) is 0 Å². The van der Waals surface area contributed by atoms with Gasteiger partial charge in [0.2, 0.25) is 5.91 Å². The van der Waals surface area contributed by atoms with Gasteiger partial charge in [0.1, 0.15) is 0 Å². The lowest BCUT2D eigenvalue weighted by molar-refractivity contribution is -0.117. The summed E-state index contributed by atoms with van der Waals surface area (Å²) < 4.78 is 1.65. The summed E-state index contributed by atoms with van der Waals surface area (Å²) in [4.78, 5) is 12.1. The zero-order valence-corrected chi connectivity index (χ0v) is 15.0. The van der Waals surface area contributed by atoms with E-state index in [1.165, 1.54) is 25.7 Å². The Morgan fingerprint density at radius 1 is 1.04 bits per heavy atom. The summed E-state index contributed by atoms with van der Waals surface area (Å²) in [6, 6.07) is 13.1. The van der Waals surface area contributed by atoms with Crippen LogP contribution in [0.15, 0.2) is 54.9 Å². The molecule has 7 nitrogen and oxygen atoms in total. The molecule has 0 spiro atoms. The second-order valence-corrected chi connectivity index (χ2v) is 6.83. The molecule has 0 radical (unpaired) electrons. The van der Waals surface area contributed by atoms with E-state index in [1.54, 1.807) is 10.9 Å². The lowest BCUT2D eigenvalue weighted by Crippen LogP contribution is -2.15. The molecule has 1 aromatic carbocycles. The smallest absolute Gasteiger partial charge is 0.224 e. The van der Waals surface area contributed by atoms with Crippen molar-refractivity contribution >= 4 is 23.1 Å². The standard InChI is InChI=1S/C20H22N6O/c27-20(14-15-4-1-2-5-15)23-17-8-6-16(7-9-17)22-18-10-11-19(25-24-18)26-13-3-12-21-26/h3,6-13,15H,1-2,4-5,14H2,(H,22,24)(H,23,27). The van der Waals surface area contributed by atoms with Crippen LogP contribution in [0.5, 0.6) is 0 Å². The van der Waals surface area contributed by atoms with Crippen molar-refractivity contribution < 1.29 is 4.79 Å². The summed E-state index contributed by atoms with van der Waals surface area (Å²) in [6.45, 7) is 0. The van der Waals surface area contributed by atoms with E-state index in [9.17, 15) is 4.79 Å². The lowest BCUT2D eigenvalue weighted by Gasteiger charge is -2.10. The van der Waals surface area contributed by atoms with Crippen molar-refractivity contribution in [2.45, 2.75) is 32.1 Å². The molecule has 0 saturated heterocycles. The van der Waals surface area contributed by atoms with Crippen LogP contribution >= 0.6 is 0 Å². The molecule has 1 amide bonds. The van der Waals surface area contributed by atoms with E-state index in [4.69, 9.17) is 0 Å². The Labute approximate surface area is 157 Å². The van der Waals surface area contributed by atoms with Crippen molar-refractivity contribution in [3.8, 4) is 5.82 Å². The van der Waals surface area contributed by atoms with E-state index < -0.39 is 0 Å². The molecule has 1 aliphatic rings. The highest BCUT2D eigenvalue weighted by Crippen LogP contribution is 2.28. The highest BCUT2D eigenvalue weighted by Gasteiger charge is 2.18. The fourth-order valence-electron chi connectivity index (χ4n) is 3.39. The van der Waals surface area contributed by atoms with Gasteiger partial charge < -0.3 is 10.6 Å². The van der Waals surface area contributed by atoms with Crippen LogP contribution in [0, 0.1) is 5.92 Å². The van der Waals surface area contributed by atoms with Crippen LogP contribution in [-0.2, 0) is 4.79 Å². The number of hydrogen-bond donors (Lipinski definition) is 2. The van der Waals surface area contributed by atoms with Crippen LogP contribution in [-0.4, -0.2) is 25.9 Å². The quantitative estimate of drug-likeness (QED) is 0.694. The van der Waals surface area contributed by atoms with Gasteiger partial charge in [-0.25, -0.2) is 4.68 Å². The first-order valence-electron chi connectivity index (χ1n) is 9.27. The topological polar surface area (TPSA) is 84.7 Å². The molecule has 2 N–H and O–H groups in total. The van der Waals surface area contributed by atoms with Crippen molar-refractivity contribution in [2.24, 2.45) is 5.92 Å². The van der Waals surface area contributed by atoms with Crippen LogP contribution in [0.3, 0.4) is 0 Å². The minimum absolute atomic E-state index is 0.0997. The maximum atomic E-state index is 12.1. The van der Waals surface area contributed by atoms with Gasteiger partial charge in [-0.3, -0.25) is 4.79 Å². The number of hydrogen-bond acceptors (Lipinski definition) is 5. The van der Waals surface area contributed by atoms with E-state index in [-0.39, 0.29) is 5.91 Å². The van der Waals surface area contributed by atoms with Crippen molar-refractivity contribution in [3.63, 3.8) is 0 Å². The van der Waals surface area contributed by atoms with Gasteiger partial charge in [-0.15, -0.1) is 10.2 Å². The minimum Gasteiger partial charge on any atom is -0.339 e. The Balaban J connectivity index is 1.32. The van der Waals surface area contributed by atoms with Crippen molar-refractivity contribution in [2.75, 3.05) is 10.6 Å². The molecule has 138 valence electrons. The van der Waals surface area contributed by atoms with Crippen molar-refractivity contribution in [1.29, 1.82) is 0 Å². The molecule has 4 rings (SSSR count). The molecule has 3 aromatic rings. The van der Waals surface area contributed by atoms with Gasteiger partial charge in [0, 0.05) is 30.2 Å². The van der Waals surface area contributed by atoms with Crippen LogP contribution < -0.4 is 10.6 Å². The highest BCUT2D eigenvalue weighted by atomic mass is 16.1. The SMILES string of the molecule is O=C(CC1CCCC1)Nc1ccc(Nc2ccc(-n3cccn3)nn2)cc1. The summed E-state index contributed by atoms with van der Waals surface area (Å²) >= 11 is 0. The average molecular weight is 362 g/mol. The first-order valence-corrected chi connectivity index (χ1v) is 9.27. The third-order valence-corrected chi connectivity index (χ3v) is 4.78. The monoisotopic (exact) mass is 362 g/mol. The van der Waals surface area contributed by atoms with E-state index in [1.807, 2.05) is 48.7 Å². The first kappa shape index (κ1) is 17.2. The molecule has 0 unspecified atom stereocenters. The number of rotatable bonds is 6. The van der Waals surface area contributed by atoms with Crippen molar-refractivity contribution in [3.05, 3.63) is 54.9 Å². The Kier molecular flexibility index (Phi) is 5.09. The molecule has 1 saturated carbocycles. The molecule has 0 aliphatic heterocycles. The van der Waals surface area contributed by atoms with Gasteiger partial charge in [0.25, 0.3) is 0 Å². The molecule has 1 aliphatic carbocycles. The minimum atomic E-state index is 0.0997. The summed E-state index contributed by atoms with van der Waals surface area (Å²) in [5.74, 6) is 1.95. The number of anilines is 3. The first-order chi connectivity index (χ1) is 13.3. The van der Waals surface area contributed by atoms with Gasteiger partial charge in [-0.05, 0) is 61.2 Å². The summed E-state index contributed by atoms with van der Waals surface area (Å²) in [5.41, 5.74) is 1.69. The number of aromatic nitrogens is 4. The van der Waals surface area contributed by atoms with Gasteiger partial charge in [0.05, 0.1) is 0 Å². The maximum Gasteiger partial charge on any atom is 0.224 e. The Morgan fingerprint density at radius 3 is 2.48 bits per heavy atom. The van der Waals surface area contributed by atoms with Crippen molar-refractivity contribution in [1.82, 2.24) is 20.0 Å². The second-order valence-electron chi connectivity index (χ2n) is 6.83. The molecule has 1 fully saturated rings. The van der Waals surface area contributed by atoms with Crippen LogP contribution in [0.1, 0.15) is 32.1 Å². The number of amides is 1. The van der Waals surface area contributed by atoms with Gasteiger partial charge in [-0.2, -0.15) is 5.10 Å². The molecule has 2 heterocycles. The largest absolute Gasteiger partial charge is 0.339 e. The average Bonchev–Trinajstić information content (AvgIpc) is 3.38.